The van der Waals surface area contributed by atoms with Gasteiger partial charge in [-0.1, -0.05) is 0 Å². The standard InChI is InChI=1S/C8H7N3O2/c1-11-4-5-3-9-7(8(12)13)2-6(5)10-11/h2-4H,1H3,(H,12,13). The van der Waals surface area contributed by atoms with Crippen molar-refractivity contribution in [1.82, 2.24) is 14.8 Å². The highest BCUT2D eigenvalue weighted by Crippen LogP contribution is 2.10. The first-order valence-corrected chi connectivity index (χ1v) is 3.69. The summed E-state index contributed by atoms with van der Waals surface area (Å²) in [6.45, 7) is 0. The summed E-state index contributed by atoms with van der Waals surface area (Å²) in [6, 6.07) is 1.46. The summed E-state index contributed by atoms with van der Waals surface area (Å²) < 4.78 is 1.62. The molecule has 0 spiro atoms. The second-order valence-electron chi connectivity index (χ2n) is 2.74. The van der Waals surface area contributed by atoms with Crippen LogP contribution in [0.3, 0.4) is 0 Å². The van der Waals surface area contributed by atoms with Gasteiger partial charge in [-0.05, 0) is 6.07 Å². The zero-order valence-electron chi connectivity index (χ0n) is 6.93. The molecule has 0 aliphatic heterocycles. The maximum atomic E-state index is 10.6. The van der Waals surface area contributed by atoms with Crippen molar-refractivity contribution in [1.29, 1.82) is 0 Å². The Morgan fingerprint density at radius 3 is 3.08 bits per heavy atom. The molecule has 66 valence electrons. The van der Waals surface area contributed by atoms with Crippen LogP contribution in [-0.4, -0.2) is 25.8 Å². The van der Waals surface area contributed by atoms with E-state index >= 15 is 0 Å². The van der Waals surface area contributed by atoms with E-state index in [-0.39, 0.29) is 5.69 Å². The molecule has 2 aromatic heterocycles. The average molecular weight is 177 g/mol. The summed E-state index contributed by atoms with van der Waals surface area (Å²) in [6.07, 6.45) is 3.29. The predicted octanol–water partition coefficient (Wildman–Crippen LogP) is 0.666. The van der Waals surface area contributed by atoms with Crippen LogP contribution in [0.15, 0.2) is 18.5 Å². The van der Waals surface area contributed by atoms with Crippen molar-refractivity contribution in [2.24, 2.45) is 7.05 Å². The van der Waals surface area contributed by atoms with E-state index in [1.165, 1.54) is 12.3 Å². The van der Waals surface area contributed by atoms with Crippen LogP contribution in [0.2, 0.25) is 0 Å². The van der Waals surface area contributed by atoms with Gasteiger partial charge in [0.25, 0.3) is 0 Å². The third-order valence-corrected chi connectivity index (χ3v) is 1.72. The summed E-state index contributed by atoms with van der Waals surface area (Å²) in [4.78, 5) is 14.3. The lowest BCUT2D eigenvalue weighted by Crippen LogP contribution is -1.98. The first-order valence-electron chi connectivity index (χ1n) is 3.69. The number of pyridine rings is 1. The molecule has 0 aromatic carbocycles. The van der Waals surface area contributed by atoms with Gasteiger partial charge in [0, 0.05) is 24.8 Å². The van der Waals surface area contributed by atoms with Crippen LogP contribution in [0.4, 0.5) is 0 Å². The van der Waals surface area contributed by atoms with Crippen molar-refractivity contribution in [2.45, 2.75) is 0 Å². The highest BCUT2D eigenvalue weighted by atomic mass is 16.4. The van der Waals surface area contributed by atoms with Gasteiger partial charge < -0.3 is 5.11 Å². The van der Waals surface area contributed by atoms with Crippen LogP contribution in [-0.2, 0) is 7.05 Å². The molecule has 0 bridgehead atoms. The zero-order valence-corrected chi connectivity index (χ0v) is 6.93. The van der Waals surface area contributed by atoms with Gasteiger partial charge >= 0.3 is 5.97 Å². The predicted molar refractivity (Wildman–Crippen MR) is 45.5 cm³/mol. The summed E-state index contributed by atoms with van der Waals surface area (Å²) in [5.74, 6) is -1.03. The van der Waals surface area contributed by atoms with Gasteiger partial charge in [0.2, 0.25) is 0 Å². The second kappa shape index (κ2) is 2.55. The largest absolute Gasteiger partial charge is 0.477 e. The van der Waals surface area contributed by atoms with Crippen molar-refractivity contribution in [2.75, 3.05) is 0 Å². The normalized spacial score (nSPS) is 10.5. The Morgan fingerprint density at radius 1 is 1.62 bits per heavy atom. The monoisotopic (exact) mass is 177 g/mol. The molecule has 5 heteroatoms. The van der Waals surface area contributed by atoms with Crippen LogP contribution in [0.25, 0.3) is 10.9 Å². The number of nitrogens with zero attached hydrogens (tertiary/aromatic N) is 3. The molecule has 0 atom stereocenters. The SMILES string of the molecule is Cn1cc2cnc(C(=O)O)cc2n1. The van der Waals surface area contributed by atoms with E-state index in [0.29, 0.717) is 5.52 Å². The van der Waals surface area contributed by atoms with Crippen LogP contribution in [0.5, 0.6) is 0 Å². The van der Waals surface area contributed by atoms with Crippen molar-refractivity contribution in [3.8, 4) is 0 Å². The summed E-state index contributed by atoms with van der Waals surface area (Å²) in [5.41, 5.74) is 0.668. The maximum Gasteiger partial charge on any atom is 0.354 e. The highest BCUT2D eigenvalue weighted by Gasteiger charge is 2.06. The first kappa shape index (κ1) is 7.72. The van der Waals surface area contributed by atoms with Gasteiger partial charge in [-0.15, -0.1) is 0 Å². The first-order chi connectivity index (χ1) is 6.16. The molecule has 5 nitrogen and oxygen atoms in total. The Labute approximate surface area is 73.6 Å². The number of fused-ring (bicyclic) bond motifs is 1. The third kappa shape index (κ3) is 1.24. The number of hydrogen-bond donors (Lipinski definition) is 1. The van der Waals surface area contributed by atoms with Gasteiger partial charge in [0.15, 0.2) is 0 Å². The van der Waals surface area contributed by atoms with Gasteiger partial charge in [-0.25, -0.2) is 9.78 Å². The Hall–Kier alpha value is -1.91. The Morgan fingerprint density at radius 2 is 2.38 bits per heavy atom. The van der Waals surface area contributed by atoms with Gasteiger partial charge in [-0.2, -0.15) is 5.10 Å². The van der Waals surface area contributed by atoms with E-state index in [1.807, 2.05) is 0 Å². The highest BCUT2D eigenvalue weighted by molar-refractivity contribution is 5.90. The van der Waals surface area contributed by atoms with Crippen LogP contribution in [0, 0.1) is 0 Å². The topological polar surface area (TPSA) is 68.0 Å². The minimum absolute atomic E-state index is 0.0196. The maximum absolute atomic E-state index is 10.6. The molecule has 2 aromatic rings. The van der Waals surface area contributed by atoms with Crippen LogP contribution in [0.1, 0.15) is 10.5 Å². The quantitative estimate of drug-likeness (QED) is 0.695. The van der Waals surface area contributed by atoms with E-state index in [9.17, 15) is 4.79 Å². The Kier molecular flexibility index (Phi) is 1.51. The molecule has 0 aliphatic rings. The molecule has 0 radical (unpaired) electrons. The van der Waals surface area contributed by atoms with Crippen LogP contribution >= 0.6 is 0 Å². The van der Waals surface area contributed by atoms with Crippen molar-refractivity contribution >= 4 is 16.9 Å². The number of aromatic carboxylic acids is 1. The molecular weight excluding hydrogens is 170 g/mol. The molecule has 0 fully saturated rings. The second-order valence-corrected chi connectivity index (χ2v) is 2.74. The summed E-state index contributed by atoms with van der Waals surface area (Å²) in [7, 11) is 1.78. The van der Waals surface area contributed by atoms with Crippen molar-refractivity contribution in [3.63, 3.8) is 0 Å². The smallest absolute Gasteiger partial charge is 0.354 e. The fourth-order valence-electron chi connectivity index (χ4n) is 1.16. The van der Waals surface area contributed by atoms with E-state index in [0.717, 1.165) is 5.39 Å². The van der Waals surface area contributed by atoms with Gasteiger partial charge in [0.1, 0.15) is 5.69 Å². The van der Waals surface area contributed by atoms with Crippen molar-refractivity contribution < 1.29 is 9.90 Å². The summed E-state index contributed by atoms with van der Waals surface area (Å²) >= 11 is 0. The minimum Gasteiger partial charge on any atom is -0.477 e. The number of aromatic nitrogens is 3. The van der Waals surface area contributed by atoms with E-state index < -0.39 is 5.97 Å². The Bertz CT molecular complexity index is 475. The molecule has 13 heavy (non-hydrogen) atoms. The zero-order chi connectivity index (χ0) is 9.42. The number of carboxylic acids is 1. The molecule has 0 saturated heterocycles. The molecule has 0 amide bonds. The lowest BCUT2D eigenvalue weighted by atomic mass is 10.3. The van der Waals surface area contributed by atoms with Crippen molar-refractivity contribution in [3.05, 3.63) is 24.2 Å². The average Bonchev–Trinajstić information content (AvgIpc) is 2.42. The number of hydrogen-bond acceptors (Lipinski definition) is 3. The molecule has 0 saturated carbocycles. The number of aryl methyl sites for hydroxylation is 1. The summed E-state index contributed by atoms with van der Waals surface area (Å²) in [5, 5.41) is 13.6. The molecular formula is C8H7N3O2. The fourth-order valence-corrected chi connectivity index (χ4v) is 1.16. The Balaban J connectivity index is 2.67. The molecule has 0 unspecified atom stereocenters. The van der Waals surface area contributed by atoms with E-state index in [2.05, 4.69) is 10.1 Å². The molecule has 2 rings (SSSR count). The van der Waals surface area contributed by atoms with E-state index in [4.69, 9.17) is 5.11 Å². The minimum atomic E-state index is -1.03. The number of carbonyl (C=O) groups is 1. The van der Waals surface area contributed by atoms with E-state index in [1.54, 1.807) is 17.9 Å². The molecule has 0 aliphatic carbocycles. The lowest BCUT2D eigenvalue weighted by molar-refractivity contribution is 0.0690. The number of rotatable bonds is 1. The molecule has 2 heterocycles. The third-order valence-electron chi connectivity index (χ3n) is 1.72. The van der Waals surface area contributed by atoms with Gasteiger partial charge in [-0.3, -0.25) is 4.68 Å². The van der Waals surface area contributed by atoms with Crippen LogP contribution < -0.4 is 0 Å². The van der Waals surface area contributed by atoms with Gasteiger partial charge in [0.05, 0.1) is 5.52 Å². The molecule has 1 N–H and O–H groups in total. The fraction of sp³-hybridized carbons (Fsp3) is 0.125. The number of carboxylic acid groups (broad SMARTS) is 1. The lowest BCUT2D eigenvalue weighted by Gasteiger charge is -1.90.